The molecule has 21 heavy (non-hydrogen) atoms. The quantitative estimate of drug-likeness (QED) is 0.599. The molecule has 5 heteroatoms. The average molecular weight is 303 g/mol. The number of hydrogen-bond donors (Lipinski definition) is 0. The molecule has 1 heterocycles. The molecule has 110 valence electrons. The zero-order valence-electron chi connectivity index (χ0n) is 12.1. The molecule has 0 N–H and O–H groups in total. The van der Waals surface area contributed by atoms with E-state index in [9.17, 15) is 9.59 Å². The van der Waals surface area contributed by atoms with Gasteiger partial charge in [-0.1, -0.05) is 25.1 Å². The van der Waals surface area contributed by atoms with Gasteiger partial charge in [-0.25, -0.2) is 0 Å². The van der Waals surface area contributed by atoms with Crippen LogP contribution in [0.25, 0.3) is 5.57 Å². The van der Waals surface area contributed by atoms with Gasteiger partial charge in [0, 0.05) is 6.54 Å². The number of imide groups is 1. The zero-order chi connectivity index (χ0) is 15.4. The Bertz CT molecular complexity index is 604. The fourth-order valence-electron chi connectivity index (χ4n) is 2.14. The number of carbonyl (C=O) groups excluding carboxylic acids is 2. The third kappa shape index (κ3) is 2.88. The van der Waals surface area contributed by atoms with Crippen molar-refractivity contribution in [3.8, 4) is 5.75 Å². The summed E-state index contributed by atoms with van der Waals surface area (Å²) >= 11 is 1.40. The van der Waals surface area contributed by atoms with E-state index in [-0.39, 0.29) is 18.4 Å². The van der Waals surface area contributed by atoms with E-state index < -0.39 is 0 Å². The van der Waals surface area contributed by atoms with Crippen molar-refractivity contribution < 1.29 is 14.3 Å². The van der Waals surface area contributed by atoms with Crippen molar-refractivity contribution in [2.24, 2.45) is 0 Å². The van der Waals surface area contributed by atoms with Crippen LogP contribution in [0.15, 0.2) is 41.8 Å². The molecule has 4 nitrogen and oxygen atoms in total. The van der Waals surface area contributed by atoms with Crippen LogP contribution in [0, 0.1) is 0 Å². The molecule has 0 unspecified atom stereocenters. The van der Waals surface area contributed by atoms with Crippen LogP contribution in [0.5, 0.6) is 5.75 Å². The molecular weight excluding hydrogens is 286 g/mol. The maximum atomic E-state index is 12.5. The van der Waals surface area contributed by atoms with Crippen LogP contribution in [-0.2, 0) is 9.59 Å². The lowest BCUT2D eigenvalue weighted by Gasteiger charge is -2.11. The summed E-state index contributed by atoms with van der Waals surface area (Å²) in [6, 6.07) is 7.16. The van der Waals surface area contributed by atoms with Gasteiger partial charge < -0.3 is 4.74 Å². The number of amides is 2. The van der Waals surface area contributed by atoms with E-state index in [1.54, 1.807) is 37.5 Å². The average Bonchev–Trinajstić information content (AvgIpc) is 2.73. The summed E-state index contributed by atoms with van der Waals surface area (Å²) in [5.41, 5.74) is 1.20. The van der Waals surface area contributed by atoms with Gasteiger partial charge in [0.1, 0.15) is 5.75 Å². The molecule has 1 aliphatic heterocycles. The van der Waals surface area contributed by atoms with Gasteiger partial charge in [0.15, 0.2) is 0 Å². The lowest BCUT2D eigenvalue weighted by atomic mass is 10.1. The minimum atomic E-state index is -0.263. The first-order valence-corrected chi connectivity index (χ1v) is 7.61. The second-order valence-electron chi connectivity index (χ2n) is 4.38. The number of rotatable bonds is 6. The van der Waals surface area contributed by atoms with Crippen molar-refractivity contribution in [3.63, 3.8) is 0 Å². The van der Waals surface area contributed by atoms with Gasteiger partial charge in [-0.05, 0) is 23.4 Å². The number of methoxy groups -OCH3 is 1. The van der Waals surface area contributed by atoms with Gasteiger partial charge in [0.2, 0.25) is 0 Å². The van der Waals surface area contributed by atoms with Gasteiger partial charge in [0.05, 0.1) is 17.6 Å². The molecule has 2 amide bonds. The van der Waals surface area contributed by atoms with E-state index in [0.717, 1.165) is 11.3 Å². The first-order chi connectivity index (χ1) is 10.1. The van der Waals surface area contributed by atoms with E-state index in [2.05, 4.69) is 6.58 Å². The summed E-state index contributed by atoms with van der Waals surface area (Å²) in [7, 11) is 1.59. The SMILES string of the molecule is C=CCN1C(=O)C(SCC)=C(c2ccc(OC)cc2)C1=O. The lowest BCUT2D eigenvalue weighted by molar-refractivity contribution is -0.135. The van der Waals surface area contributed by atoms with E-state index in [4.69, 9.17) is 4.74 Å². The number of carbonyl (C=O) groups is 2. The maximum Gasteiger partial charge on any atom is 0.268 e. The van der Waals surface area contributed by atoms with Crippen LogP contribution >= 0.6 is 11.8 Å². The number of thioether (sulfide) groups is 1. The van der Waals surface area contributed by atoms with Crippen LogP contribution in [0.2, 0.25) is 0 Å². The van der Waals surface area contributed by atoms with Crippen molar-refractivity contribution in [2.75, 3.05) is 19.4 Å². The van der Waals surface area contributed by atoms with Gasteiger partial charge in [-0.3, -0.25) is 14.5 Å². The number of benzene rings is 1. The van der Waals surface area contributed by atoms with Crippen LogP contribution in [0.1, 0.15) is 12.5 Å². The van der Waals surface area contributed by atoms with Gasteiger partial charge >= 0.3 is 0 Å². The normalized spacial score (nSPS) is 14.9. The van der Waals surface area contributed by atoms with Crippen molar-refractivity contribution in [1.29, 1.82) is 0 Å². The Hall–Kier alpha value is -2.01. The van der Waals surface area contributed by atoms with Crippen molar-refractivity contribution >= 4 is 29.1 Å². The highest BCUT2D eigenvalue weighted by Gasteiger charge is 2.38. The summed E-state index contributed by atoms with van der Waals surface area (Å²) in [4.78, 5) is 26.6. The van der Waals surface area contributed by atoms with Gasteiger partial charge in [-0.15, -0.1) is 18.3 Å². The van der Waals surface area contributed by atoms with Crippen LogP contribution < -0.4 is 4.74 Å². The zero-order valence-corrected chi connectivity index (χ0v) is 12.9. The van der Waals surface area contributed by atoms with Crippen molar-refractivity contribution in [2.45, 2.75) is 6.92 Å². The molecule has 1 aromatic carbocycles. The van der Waals surface area contributed by atoms with Crippen LogP contribution in [0.3, 0.4) is 0 Å². The summed E-state index contributed by atoms with van der Waals surface area (Å²) in [6.45, 7) is 5.78. The number of ether oxygens (including phenoxy) is 1. The Kier molecular flexibility index (Phi) is 4.85. The van der Waals surface area contributed by atoms with E-state index in [1.807, 2.05) is 6.92 Å². The highest BCUT2D eigenvalue weighted by Crippen LogP contribution is 2.36. The third-order valence-corrected chi connectivity index (χ3v) is 4.06. The van der Waals surface area contributed by atoms with E-state index >= 15 is 0 Å². The Morgan fingerprint density at radius 2 is 1.90 bits per heavy atom. The first kappa shape index (κ1) is 15.4. The Morgan fingerprint density at radius 3 is 2.43 bits per heavy atom. The minimum Gasteiger partial charge on any atom is -0.497 e. The molecule has 0 radical (unpaired) electrons. The molecule has 1 aromatic rings. The molecule has 0 saturated heterocycles. The van der Waals surface area contributed by atoms with Crippen molar-refractivity contribution in [1.82, 2.24) is 4.90 Å². The second kappa shape index (κ2) is 6.63. The second-order valence-corrected chi connectivity index (χ2v) is 5.65. The Balaban J connectivity index is 2.46. The van der Waals surface area contributed by atoms with Crippen LogP contribution in [0.4, 0.5) is 0 Å². The summed E-state index contributed by atoms with van der Waals surface area (Å²) in [5.74, 6) is 0.943. The highest BCUT2D eigenvalue weighted by molar-refractivity contribution is 8.04. The smallest absolute Gasteiger partial charge is 0.268 e. The molecule has 0 fully saturated rings. The minimum absolute atomic E-state index is 0.227. The topological polar surface area (TPSA) is 46.6 Å². The van der Waals surface area contributed by atoms with Crippen LogP contribution in [-0.4, -0.2) is 36.1 Å². The summed E-state index contributed by atoms with van der Waals surface area (Å²) in [5, 5.41) is 0. The molecule has 0 atom stereocenters. The molecule has 0 bridgehead atoms. The summed E-state index contributed by atoms with van der Waals surface area (Å²) < 4.78 is 5.12. The number of hydrogen-bond acceptors (Lipinski definition) is 4. The number of nitrogens with zero attached hydrogens (tertiary/aromatic N) is 1. The monoisotopic (exact) mass is 303 g/mol. The fraction of sp³-hybridized carbons (Fsp3) is 0.250. The maximum absolute atomic E-state index is 12.5. The fourth-order valence-corrected chi connectivity index (χ4v) is 3.01. The highest BCUT2D eigenvalue weighted by atomic mass is 32.2. The van der Waals surface area contributed by atoms with E-state index in [1.165, 1.54) is 16.7 Å². The van der Waals surface area contributed by atoms with E-state index in [0.29, 0.717) is 16.2 Å². The van der Waals surface area contributed by atoms with Crippen molar-refractivity contribution in [3.05, 3.63) is 47.4 Å². The predicted octanol–water partition coefficient (Wildman–Crippen LogP) is 2.71. The largest absolute Gasteiger partial charge is 0.497 e. The Morgan fingerprint density at radius 1 is 1.24 bits per heavy atom. The lowest BCUT2D eigenvalue weighted by Crippen LogP contribution is -2.31. The predicted molar refractivity (Wildman–Crippen MR) is 85.0 cm³/mol. The molecule has 1 aliphatic rings. The first-order valence-electron chi connectivity index (χ1n) is 6.62. The molecule has 2 rings (SSSR count). The third-order valence-electron chi connectivity index (χ3n) is 3.10. The molecule has 0 aromatic heterocycles. The molecular formula is C16H17NO3S. The summed E-state index contributed by atoms with van der Waals surface area (Å²) in [6.07, 6.45) is 1.56. The van der Waals surface area contributed by atoms with Gasteiger partial charge in [0.25, 0.3) is 11.8 Å². The molecule has 0 saturated carbocycles. The standard InChI is InChI=1S/C16H17NO3S/c1-4-10-17-15(18)13(14(16(17)19)21-5-2)11-6-8-12(20-3)9-7-11/h4,6-9H,1,5,10H2,2-3H3. The Labute approximate surface area is 128 Å². The molecule has 0 aliphatic carbocycles. The van der Waals surface area contributed by atoms with Gasteiger partial charge in [-0.2, -0.15) is 0 Å². The molecule has 0 spiro atoms.